The number of anilines is 3. The lowest BCUT2D eigenvalue weighted by atomic mass is 10.1. The number of pyridine rings is 3. The number of amides is 1. The van der Waals surface area contributed by atoms with Crippen molar-refractivity contribution in [2.75, 3.05) is 10.6 Å². The van der Waals surface area contributed by atoms with Gasteiger partial charge in [-0.25, -0.2) is 24.3 Å². The predicted octanol–water partition coefficient (Wildman–Crippen LogP) is 5.73. The zero-order chi connectivity index (χ0) is 26.3. The summed E-state index contributed by atoms with van der Waals surface area (Å²) in [5, 5.41) is 6.18. The van der Waals surface area contributed by atoms with Crippen LogP contribution >= 0.6 is 28.4 Å². The van der Waals surface area contributed by atoms with E-state index in [4.69, 9.17) is 0 Å². The van der Waals surface area contributed by atoms with E-state index < -0.39 is 5.67 Å². The van der Waals surface area contributed by atoms with Crippen molar-refractivity contribution >= 4 is 62.7 Å². The second-order valence-corrected chi connectivity index (χ2v) is 10.9. The molecule has 0 radical (unpaired) electrons. The average Bonchev–Trinajstić information content (AvgIpc) is 3.55. The summed E-state index contributed by atoms with van der Waals surface area (Å²) in [5.74, 6) is 0.187. The van der Waals surface area contributed by atoms with E-state index in [9.17, 15) is 9.18 Å². The highest BCUT2D eigenvalue weighted by molar-refractivity contribution is 14.2. The Morgan fingerprint density at radius 3 is 2.79 bits per heavy atom. The van der Waals surface area contributed by atoms with Crippen LogP contribution in [0.3, 0.4) is 0 Å². The Bertz CT molecular complexity index is 1690. The molecule has 38 heavy (non-hydrogen) atoms. The van der Waals surface area contributed by atoms with Crippen molar-refractivity contribution < 1.29 is 9.18 Å². The van der Waals surface area contributed by atoms with E-state index in [1.54, 1.807) is 30.9 Å². The van der Waals surface area contributed by atoms with Gasteiger partial charge in [0.2, 0.25) is 0 Å². The van der Waals surface area contributed by atoms with Crippen LogP contribution in [-0.4, -0.2) is 40.1 Å². The maximum absolute atomic E-state index is 14.4. The molecule has 1 fully saturated rings. The van der Waals surface area contributed by atoms with Crippen LogP contribution < -0.4 is 10.6 Å². The molecule has 6 rings (SSSR count). The third-order valence-electron chi connectivity index (χ3n) is 6.26. The van der Waals surface area contributed by atoms with Crippen molar-refractivity contribution in [1.29, 1.82) is 0 Å². The number of carbonyl (C=O) groups is 1. The van der Waals surface area contributed by atoms with Gasteiger partial charge in [0, 0.05) is 23.5 Å². The molecule has 5 aromatic rings. The normalized spacial score (nSPS) is 14.2. The Kier molecular flexibility index (Phi) is 6.44. The first kappa shape index (κ1) is 24.7. The minimum absolute atomic E-state index is 0.292. The van der Waals surface area contributed by atoms with Crippen LogP contribution in [0.5, 0.6) is 0 Å². The molecule has 13 heteroatoms. The topological polar surface area (TPSA) is 123 Å². The van der Waals surface area contributed by atoms with Crippen molar-refractivity contribution in [3.63, 3.8) is 0 Å². The van der Waals surface area contributed by atoms with Crippen LogP contribution in [0.4, 0.5) is 21.6 Å². The predicted molar refractivity (Wildman–Crippen MR) is 153 cm³/mol. The number of alkyl halides is 1. The van der Waals surface area contributed by atoms with E-state index in [1.807, 2.05) is 23.4 Å². The minimum atomic E-state index is -1.41. The van der Waals surface area contributed by atoms with E-state index in [0.717, 1.165) is 11.2 Å². The van der Waals surface area contributed by atoms with E-state index in [0.29, 0.717) is 64.6 Å². The Morgan fingerprint density at radius 2 is 1.97 bits per heavy atom. The molecule has 0 spiro atoms. The second-order valence-electron chi connectivity index (χ2n) is 8.82. The van der Waals surface area contributed by atoms with Gasteiger partial charge in [0.15, 0.2) is 11.3 Å². The number of hydrogen-bond acceptors (Lipinski definition) is 8. The van der Waals surface area contributed by atoms with Gasteiger partial charge in [-0.15, -0.1) is 0 Å². The number of nitrogens with one attached hydrogen (secondary N) is 2. The maximum Gasteiger partial charge on any atom is 0.255 e. The second kappa shape index (κ2) is 9.91. The minimum Gasteiger partial charge on any atom is -0.338 e. The summed E-state index contributed by atoms with van der Waals surface area (Å²) in [7, 11) is 0. The molecular weight excluding hydrogens is 619 g/mol. The van der Waals surface area contributed by atoms with Crippen LogP contribution in [0.2, 0.25) is 0 Å². The van der Waals surface area contributed by atoms with Crippen molar-refractivity contribution in [2.24, 2.45) is 0 Å². The summed E-state index contributed by atoms with van der Waals surface area (Å²) >= 11 is 2.28. The highest BCUT2D eigenvalue weighted by Gasteiger charge is 2.46. The maximum atomic E-state index is 14.4. The van der Waals surface area contributed by atoms with Gasteiger partial charge < -0.3 is 10.6 Å². The summed E-state index contributed by atoms with van der Waals surface area (Å²) in [6.45, 7) is 1.86. The largest absolute Gasteiger partial charge is 0.338 e. The number of nitrogens with zero attached hydrogens (tertiary/aromatic N) is 7. The number of fused-ring (bicyclic) bond motifs is 1. The SMILES string of the molecule is Cc1ncc(NC(=O)c2ccnc(C3(F)CC3)c2)cc1Nc1ncccc1-c1ncnc2c1ncn2PI. The average molecular weight is 639 g/mol. The van der Waals surface area contributed by atoms with Gasteiger partial charge in [0.1, 0.15) is 29.7 Å². The van der Waals surface area contributed by atoms with Crippen LogP contribution in [0, 0.1) is 6.92 Å². The molecule has 5 aromatic heterocycles. The quantitative estimate of drug-likeness (QED) is 0.171. The first-order valence-electron chi connectivity index (χ1n) is 11.7. The summed E-state index contributed by atoms with van der Waals surface area (Å²) in [6.07, 6.45) is 9.30. The molecule has 0 aromatic carbocycles. The lowest BCUT2D eigenvalue weighted by Gasteiger charge is -2.14. The Hall–Kier alpha value is -3.64. The third kappa shape index (κ3) is 4.69. The van der Waals surface area contributed by atoms with Gasteiger partial charge in [-0.3, -0.25) is 19.1 Å². The molecule has 1 amide bonds. The first-order valence-corrected chi connectivity index (χ1v) is 15.7. The molecule has 1 atom stereocenters. The molecule has 2 N–H and O–H groups in total. The van der Waals surface area contributed by atoms with Crippen LogP contribution in [0.25, 0.3) is 22.4 Å². The number of aryl methyl sites for hydroxylation is 1. The number of rotatable bonds is 7. The van der Waals surface area contributed by atoms with E-state index in [1.165, 1.54) is 18.6 Å². The van der Waals surface area contributed by atoms with Crippen LogP contribution in [-0.2, 0) is 5.67 Å². The summed E-state index contributed by atoms with van der Waals surface area (Å²) in [4.78, 5) is 39.4. The summed E-state index contributed by atoms with van der Waals surface area (Å²) in [5.41, 5.74) is 3.89. The molecule has 1 aliphatic rings. The zero-order valence-corrected chi connectivity index (χ0v) is 23.1. The summed E-state index contributed by atoms with van der Waals surface area (Å²) in [6, 6.07) is 8.59. The molecule has 190 valence electrons. The lowest BCUT2D eigenvalue weighted by Crippen LogP contribution is -2.14. The van der Waals surface area contributed by atoms with Gasteiger partial charge >= 0.3 is 0 Å². The molecule has 0 saturated heterocycles. The van der Waals surface area contributed by atoms with E-state index in [2.05, 4.69) is 62.6 Å². The first-order chi connectivity index (χ1) is 18.4. The molecular formula is C25H20FIN9OP. The fourth-order valence-electron chi connectivity index (χ4n) is 4.03. The molecule has 0 bridgehead atoms. The lowest BCUT2D eigenvalue weighted by molar-refractivity contribution is 0.102. The number of halogens is 2. The molecule has 0 aliphatic heterocycles. The smallest absolute Gasteiger partial charge is 0.255 e. The van der Waals surface area contributed by atoms with Crippen molar-refractivity contribution in [2.45, 2.75) is 25.4 Å². The molecule has 5 heterocycles. The van der Waals surface area contributed by atoms with E-state index >= 15 is 0 Å². The van der Waals surface area contributed by atoms with Crippen molar-refractivity contribution in [1.82, 2.24) is 34.2 Å². The highest BCUT2D eigenvalue weighted by atomic mass is 127. The van der Waals surface area contributed by atoms with E-state index in [-0.39, 0.29) is 5.91 Å². The highest BCUT2D eigenvalue weighted by Crippen LogP contribution is 2.48. The van der Waals surface area contributed by atoms with Crippen molar-refractivity contribution in [3.8, 4) is 11.3 Å². The standard InChI is InChI=1S/C25H20FIN9OP/c1-14-18(10-16(11-30-14)34-24(37)15-4-8-28-19(9-15)25(26)5-6-25)35-22-17(3-2-7-29-22)20-21-23(32-12-31-20)36(38-27)13-33-21/h2-4,7-13,38H,5-6H2,1H3,(H,29,35)(H,34,37). The Morgan fingerprint density at radius 1 is 1.11 bits per heavy atom. The fourth-order valence-corrected chi connectivity index (χ4v) is 5.44. The van der Waals surface area contributed by atoms with Gasteiger partial charge in [-0.05, 0) is 72.1 Å². The third-order valence-corrected chi connectivity index (χ3v) is 8.32. The van der Waals surface area contributed by atoms with Gasteiger partial charge in [-0.2, -0.15) is 0 Å². The van der Waals surface area contributed by atoms with Gasteiger partial charge in [-0.1, -0.05) is 0 Å². The number of imidazole rings is 1. The van der Waals surface area contributed by atoms with Crippen molar-refractivity contribution in [3.05, 3.63) is 78.5 Å². The zero-order valence-electron chi connectivity index (χ0n) is 20.0. The molecule has 10 nitrogen and oxygen atoms in total. The molecule has 1 unspecified atom stereocenters. The summed E-state index contributed by atoms with van der Waals surface area (Å²) < 4.78 is 16.4. The number of hydrogen-bond donors (Lipinski definition) is 2. The molecule has 1 aliphatic carbocycles. The van der Waals surface area contributed by atoms with Gasteiger partial charge in [0.05, 0.1) is 35.3 Å². The Labute approximate surface area is 231 Å². The van der Waals surface area contributed by atoms with Crippen LogP contribution in [0.15, 0.2) is 61.6 Å². The number of carbonyl (C=O) groups excluding carboxylic acids is 1. The van der Waals surface area contributed by atoms with Gasteiger partial charge in [0.25, 0.3) is 5.91 Å². The number of aromatic nitrogens is 7. The monoisotopic (exact) mass is 639 g/mol. The van der Waals surface area contributed by atoms with Crippen LogP contribution in [0.1, 0.15) is 34.6 Å². The molecule has 1 saturated carbocycles. The Balaban J connectivity index is 1.29. The fraction of sp³-hybridized carbons (Fsp3) is 0.160.